The first-order valence-corrected chi connectivity index (χ1v) is 10.7. The number of hydrogen-bond acceptors (Lipinski definition) is 7. The van der Waals surface area contributed by atoms with Crippen LogP contribution in [0.5, 0.6) is 0 Å². The van der Waals surface area contributed by atoms with Gasteiger partial charge in [-0.3, -0.25) is 4.79 Å². The number of thiazole rings is 1. The molecule has 29 heavy (non-hydrogen) atoms. The third-order valence-corrected chi connectivity index (χ3v) is 6.00. The molecule has 0 saturated heterocycles. The normalized spacial score (nSPS) is 11.2. The van der Waals surface area contributed by atoms with Crippen molar-refractivity contribution >= 4 is 44.7 Å². The number of rotatable bonds is 5. The van der Waals surface area contributed by atoms with Gasteiger partial charge in [0.2, 0.25) is 11.8 Å². The van der Waals surface area contributed by atoms with E-state index in [1.807, 2.05) is 60.1 Å². The molecule has 0 unspecified atom stereocenters. The van der Waals surface area contributed by atoms with Gasteiger partial charge in [0.15, 0.2) is 10.9 Å². The number of hydrogen-bond donors (Lipinski definition) is 1. The Balaban J connectivity index is 1.29. The average molecular weight is 422 g/mol. The Morgan fingerprint density at radius 3 is 2.83 bits per heavy atom. The number of amides is 1. The average Bonchev–Trinajstić information content (AvgIpc) is 3.49. The van der Waals surface area contributed by atoms with Crippen molar-refractivity contribution in [2.24, 2.45) is 0 Å². The summed E-state index contributed by atoms with van der Waals surface area (Å²) < 4.78 is 11.5. The van der Waals surface area contributed by atoms with Gasteiger partial charge in [0.25, 0.3) is 0 Å². The first-order valence-electron chi connectivity index (χ1n) is 8.90. The number of carbonyl (C=O) groups is 1. The second-order valence-corrected chi connectivity index (χ2v) is 8.22. The van der Waals surface area contributed by atoms with Gasteiger partial charge < -0.3 is 14.2 Å². The van der Waals surface area contributed by atoms with E-state index < -0.39 is 0 Å². The maximum absolute atomic E-state index is 12.5. The van der Waals surface area contributed by atoms with Crippen LogP contribution >= 0.6 is 22.7 Å². The number of thiophene rings is 1. The maximum Gasteiger partial charge on any atom is 0.236 e. The Morgan fingerprint density at radius 1 is 1.10 bits per heavy atom. The molecular formula is C21H15N3O3S2. The van der Waals surface area contributed by atoms with Crippen LogP contribution in [0.4, 0.5) is 5.13 Å². The zero-order chi connectivity index (χ0) is 19.8. The molecule has 1 amide bonds. The van der Waals surface area contributed by atoms with E-state index >= 15 is 0 Å². The Morgan fingerprint density at radius 2 is 2.00 bits per heavy atom. The molecule has 1 N–H and O–H groups in total. The van der Waals surface area contributed by atoms with E-state index in [4.69, 9.17) is 8.83 Å². The summed E-state index contributed by atoms with van der Waals surface area (Å²) in [7, 11) is 0. The largest absolute Gasteiger partial charge is 0.454 e. The fourth-order valence-corrected chi connectivity index (χ4v) is 4.33. The van der Waals surface area contributed by atoms with E-state index in [0.29, 0.717) is 33.9 Å². The van der Waals surface area contributed by atoms with Crippen molar-refractivity contribution in [3.8, 4) is 22.2 Å². The number of carbonyl (C=O) groups excluding carboxylic acids is 1. The monoisotopic (exact) mass is 421 g/mol. The summed E-state index contributed by atoms with van der Waals surface area (Å²) in [5.41, 5.74) is 2.13. The highest BCUT2D eigenvalue weighted by atomic mass is 32.1. The SMILES string of the molecule is Cc1oc(-c2cccs2)nc1CC(=O)Nc1nc(-c2cc3ccccc3o2)cs1. The topological polar surface area (TPSA) is 81.2 Å². The molecule has 0 aliphatic rings. The number of anilines is 1. The van der Waals surface area contributed by atoms with Crippen molar-refractivity contribution in [1.29, 1.82) is 0 Å². The van der Waals surface area contributed by atoms with Crippen molar-refractivity contribution in [2.75, 3.05) is 5.32 Å². The molecule has 5 rings (SSSR count). The Hall–Kier alpha value is -3.23. The van der Waals surface area contributed by atoms with Crippen molar-refractivity contribution in [3.63, 3.8) is 0 Å². The molecule has 0 saturated carbocycles. The molecule has 5 aromatic rings. The lowest BCUT2D eigenvalue weighted by molar-refractivity contribution is -0.115. The molecule has 8 heteroatoms. The summed E-state index contributed by atoms with van der Waals surface area (Å²) >= 11 is 2.90. The van der Waals surface area contributed by atoms with Crippen molar-refractivity contribution < 1.29 is 13.6 Å². The van der Waals surface area contributed by atoms with Crippen LogP contribution in [0, 0.1) is 6.92 Å². The number of nitrogens with zero attached hydrogens (tertiary/aromatic N) is 2. The van der Waals surface area contributed by atoms with Gasteiger partial charge in [-0.25, -0.2) is 9.97 Å². The molecule has 6 nitrogen and oxygen atoms in total. The molecular weight excluding hydrogens is 406 g/mol. The van der Waals surface area contributed by atoms with E-state index in [0.717, 1.165) is 15.8 Å². The first kappa shape index (κ1) is 17.8. The maximum atomic E-state index is 12.5. The van der Waals surface area contributed by atoms with Gasteiger partial charge in [-0.05, 0) is 30.5 Å². The zero-order valence-electron chi connectivity index (χ0n) is 15.3. The zero-order valence-corrected chi connectivity index (χ0v) is 17.0. The van der Waals surface area contributed by atoms with Crippen LogP contribution in [-0.4, -0.2) is 15.9 Å². The number of furan rings is 1. The quantitative estimate of drug-likeness (QED) is 0.390. The van der Waals surface area contributed by atoms with Gasteiger partial charge in [0, 0.05) is 10.8 Å². The number of nitrogens with one attached hydrogen (secondary N) is 1. The minimum atomic E-state index is -0.190. The standard InChI is InChI=1S/C21H15N3O3S2/c1-12-14(22-20(26-12)18-7-4-8-28-18)10-19(25)24-21-23-15(11-29-21)17-9-13-5-2-3-6-16(13)27-17/h2-9,11H,10H2,1H3,(H,23,24,25). The smallest absolute Gasteiger partial charge is 0.236 e. The van der Waals surface area contributed by atoms with E-state index in [2.05, 4.69) is 15.3 Å². The number of aromatic nitrogens is 2. The molecule has 0 fully saturated rings. The Bertz CT molecular complexity index is 1260. The Labute approximate surface area is 173 Å². The summed E-state index contributed by atoms with van der Waals surface area (Å²) in [4.78, 5) is 22.3. The van der Waals surface area contributed by atoms with Crippen LogP contribution in [-0.2, 0) is 11.2 Å². The van der Waals surface area contributed by atoms with E-state index in [9.17, 15) is 4.79 Å². The van der Waals surface area contributed by atoms with Crippen LogP contribution in [0.25, 0.3) is 33.2 Å². The highest BCUT2D eigenvalue weighted by Crippen LogP contribution is 2.30. The fourth-order valence-electron chi connectivity index (χ4n) is 2.97. The minimum Gasteiger partial charge on any atom is -0.454 e. The third kappa shape index (κ3) is 3.59. The summed E-state index contributed by atoms with van der Waals surface area (Å²) in [5, 5.41) is 8.20. The number of para-hydroxylation sites is 1. The summed E-state index contributed by atoms with van der Waals surface area (Å²) in [5.74, 6) is 1.67. The predicted octanol–water partition coefficient (Wildman–Crippen LogP) is 5.76. The molecule has 1 aromatic carbocycles. The molecule has 144 valence electrons. The molecule has 4 aromatic heterocycles. The fraction of sp³-hybridized carbons (Fsp3) is 0.0952. The van der Waals surface area contributed by atoms with Crippen LogP contribution in [0.15, 0.2) is 62.1 Å². The Kier molecular flexibility index (Phi) is 4.49. The van der Waals surface area contributed by atoms with Gasteiger partial charge in [-0.15, -0.1) is 22.7 Å². The highest BCUT2D eigenvalue weighted by Gasteiger charge is 2.17. The van der Waals surface area contributed by atoms with Gasteiger partial charge in [0.1, 0.15) is 17.0 Å². The molecule has 0 spiro atoms. The van der Waals surface area contributed by atoms with Crippen LogP contribution in [0.1, 0.15) is 11.5 Å². The predicted molar refractivity (Wildman–Crippen MR) is 114 cm³/mol. The molecule has 4 heterocycles. The summed E-state index contributed by atoms with van der Waals surface area (Å²) in [6, 6.07) is 13.6. The van der Waals surface area contributed by atoms with Gasteiger partial charge >= 0.3 is 0 Å². The van der Waals surface area contributed by atoms with E-state index in [1.165, 1.54) is 11.3 Å². The highest BCUT2D eigenvalue weighted by molar-refractivity contribution is 7.14. The number of fused-ring (bicyclic) bond motifs is 1. The minimum absolute atomic E-state index is 0.125. The molecule has 0 aliphatic carbocycles. The molecule has 0 radical (unpaired) electrons. The second-order valence-electron chi connectivity index (χ2n) is 6.41. The molecule has 0 atom stereocenters. The first-order chi connectivity index (χ1) is 14.2. The lowest BCUT2D eigenvalue weighted by Crippen LogP contribution is -2.15. The number of aryl methyl sites for hydroxylation is 1. The molecule has 0 bridgehead atoms. The van der Waals surface area contributed by atoms with Gasteiger partial charge in [-0.1, -0.05) is 24.3 Å². The number of oxazole rings is 1. The lowest BCUT2D eigenvalue weighted by atomic mass is 10.2. The van der Waals surface area contributed by atoms with Crippen LogP contribution in [0.2, 0.25) is 0 Å². The summed E-state index contributed by atoms with van der Waals surface area (Å²) in [6.45, 7) is 1.82. The van der Waals surface area contributed by atoms with Crippen molar-refractivity contribution in [2.45, 2.75) is 13.3 Å². The van der Waals surface area contributed by atoms with Crippen LogP contribution in [0.3, 0.4) is 0 Å². The second kappa shape index (κ2) is 7.31. The summed E-state index contributed by atoms with van der Waals surface area (Å²) in [6.07, 6.45) is 0.125. The van der Waals surface area contributed by atoms with Gasteiger partial charge in [0.05, 0.1) is 17.0 Å². The lowest BCUT2D eigenvalue weighted by Gasteiger charge is -1.99. The molecule has 0 aliphatic heterocycles. The number of benzene rings is 1. The van der Waals surface area contributed by atoms with E-state index in [-0.39, 0.29) is 12.3 Å². The van der Waals surface area contributed by atoms with Crippen molar-refractivity contribution in [1.82, 2.24) is 9.97 Å². The van der Waals surface area contributed by atoms with E-state index in [1.54, 1.807) is 11.3 Å². The van der Waals surface area contributed by atoms with Crippen molar-refractivity contribution in [3.05, 3.63) is 64.7 Å². The third-order valence-electron chi connectivity index (χ3n) is 4.38. The van der Waals surface area contributed by atoms with Crippen LogP contribution < -0.4 is 5.32 Å². The van der Waals surface area contributed by atoms with Gasteiger partial charge in [-0.2, -0.15) is 0 Å².